The largest absolute Gasteiger partial charge is 0.497 e. The summed E-state index contributed by atoms with van der Waals surface area (Å²) < 4.78 is 10.7. The van der Waals surface area contributed by atoms with Crippen molar-refractivity contribution in [3.05, 3.63) is 54.1 Å². The van der Waals surface area contributed by atoms with Crippen molar-refractivity contribution in [3.8, 4) is 11.5 Å². The zero-order chi connectivity index (χ0) is 18.5. The maximum atomic E-state index is 12.3. The van der Waals surface area contributed by atoms with E-state index in [-0.39, 0.29) is 30.9 Å². The average Bonchev–Trinajstić information content (AvgIpc) is 3.01. The van der Waals surface area contributed by atoms with Crippen LogP contribution in [-0.4, -0.2) is 38.1 Å². The number of hydrogen-bond acceptors (Lipinski definition) is 4. The van der Waals surface area contributed by atoms with Gasteiger partial charge in [0.1, 0.15) is 11.5 Å². The van der Waals surface area contributed by atoms with Crippen molar-refractivity contribution in [2.24, 2.45) is 0 Å². The monoisotopic (exact) mass is 354 g/mol. The lowest BCUT2D eigenvalue weighted by Crippen LogP contribution is -2.39. The lowest BCUT2D eigenvalue weighted by molar-refractivity contribution is -0.123. The summed E-state index contributed by atoms with van der Waals surface area (Å²) >= 11 is 0. The SMILES string of the molecule is COc1cccc(N2C[C@H](NC(=O)COc3ccc(C)cc3)CC2=O)c1. The highest BCUT2D eigenvalue weighted by atomic mass is 16.5. The first-order valence-corrected chi connectivity index (χ1v) is 8.48. The van der Waals surface area contributed by atoms with E-state index in [0.717, 1.165) is 11.3 Å². The van der Waals surface area contributed by atoms with Crippen LogP contribution in [-0.2, 0) is 9.59 Å². The Kier molecular flexibility index (Phi) is 5.41. The number of anilines is 1. The Morgan fingerprint density at radius 3 is 2.69 bits per heavy atom. The van der Waals surface area contributed by atoms with Crippen LogP contribution in [0.4, 0.5) is 5.69 Å². The molecule has 0 radical (unpaired) electrons. The molecule has 1 heterocycles. The van der Waals surface area contributed by atoms with Crippen molar-refractivity contribution in [2.45, 2.75) is 19.4 Å². The summed E-state index contributed by atoms with van der Waals surface area (Å²) in [5.41, 5.74) is 1.89. The van der Waals surface area contributed by atoms with E-state index in [0.29, 0.717) is 18.0 Å². The second-order valence-electron chi connectivity index (χ2n) is 6.28. The maximum absolute atomic E-state index is 12.3. The lowest BCUT2D eigenvalue weighted by atomic mass is 10.2. The van der Waals surface area contributed by atoms with E-state index in [2.05, 4.69) is 5.32 Å². The van der Waals surface area contributed by atoms with Crippen molar-refractivity contribution < 1.29 is 19.1 Å². The molecule has 1 aliphatic rings. The van der Waals surface area contributed by atoms with Gasteiger partial charge in [-0.1, -0.05) is 23.8 Å². The maximum Gasteiger partial charge on any atom is 0.258 e. The molecule has 3 rings (SSSR count). The fourth-order valence-corrected chi connectivity index (χ4v) is 2.88. The second kappa shape index (κ2) is 7.91. The third-order valence-corrected chi connectivity index (χ3v) is 4.25. The van der Waals surface area contributed by atoms with Gasteiger partial charge in [0.2, 0.25) is 5.91 Å². The van der Waals surface area contributed by atoms with Crippen LogP contribution in [0.15, 0.2) is 48.5 Å². The first-order chi connectivity index (χ1) is 12.5. The molecule has 0 aliphatic carbocycles. The Labute approximate surface area is 152 Å². The number of ether oxygens (including phenoxy) is 2. The third-order valence-electron chi connectivity index (χ3n) is 4.25. The molecule has 136 valence electrons. The van der Waals surface area contributed by atoms with Gasteiger partial charge in [0, 0.05) is 24.7 Å². The molecule has 0 spiro atoms. The average molecular weight is 354 g/mol. The van der Waals surface area contributed by atoms with Crippen molar-refractivity contribution in [2.75, 3.05) is 25.2 Å². The molecule has 1 atom stereocenters. The van der Waals surface area contributed by atoms with Crippen LogP contribution in [0.25, 0.3) is 0 Å². The minimum atomic E-state index is -0.240. The van der Waals surface area contributed by atoms with E-state index in [4.69, 9.17) is 9.47 Å². The lowest BCUT2D eigenvalue weighted by Gasteiger charge is -2.18. The summed E-state index contributed by atoms with van der Waals surface area (Å²) in [5, 5.41) is 2.86. The Morgan fingerprint density at radius 2 is 1.96 bits per heavy atom. The number of nitrogens with one attached hydrogen (secondary N) is 1. The van der Waals surface area contributed by atoms with Crippen LogP contribution < -0.4 is 19.7 Å². The van der Waals surface area contributed by atoms with Gasteiger partial charge in [0.15, 0.2) is 6.61 Å². The summed E-state index contributed by atoms with van der Waals surface area (Å²) in [5.74, 6) is 1.07. The molecule has 0 aromatic heterocycles. The molecule has 1 saturated heterocycles. The number of methoxy groups -OCH3 is 1. The standard InChI is InChI=1S/C20H22N2O4/c1-14-6-8-17(9-7-14)26-13-19(23)21-15-10-20(24)22(12-15)16-4-3-5-18(11-16)25-2/h3-9,11,15H,10,12-13H2,1-2H3,(H,21,23)/t15-/m1/s1. The molecule has 1 aliphatic heterocycles. The van der Waals surface area contributed by atoms with E-state index >= 15 is 0 Å². The van der Waals surface area contributed by atoms with Crippen molar-refractivity contribution in [1.82, 2.24) is 5.32 Å². The number of benzene rings is 2. The Bertz CT molecular complexity index is 789. The molecule has 0 unspecified atom stereocenters. The molecule has 2 aromatic carbocycles. The molecule has 1 fully saturated rings. The highest BCUT2D eigenvalue weighted by Gasteiger charge is 2.31. The van der Waals surface area contributed by atoms with Gasteiger partial charge in [-0.2, -0.15) is 0 Å². The summed E-state index contributed by atoms with van der Waals surface area (Å²) in [6, 6.07) is 14.6. The van der Waals surface area contributed by atoms with Crippen LogP contribution in [0, 0.1) is 6.92 Å². The molecule has 1 N–H and O–H groups in total. The van der Waals surface area contributed by atoms with Gasteiger partial charge >= 0.3 is 0 Å². The van der Waals surface area contributed by atoms with E-state index in [1.807, 2.05) is 55.5 Å². The van der Waals surface area contributed by atoms with Crippen LogP contribution in [0.5, 0.6) is 11.5 Å². The molecule has 2 amide bonds. The van der Waals surface area contributed by atoms with Gasteiger partial charge in [0.05, 0.1) is 13.2 Å². The summed E-state index contributed by atoms with van der Waals surface area (Å²) in [7, 11) is 1.59. The predicted molar refractivity (Wildman–Crippen MR) is 98.6 cm³/mol. The molecular formula is C20H22N2O4. The van der Waals surface area contributed by atoms with Gasteiger partial charge < -0.3 is 19.7 Å². The van der Waals surface area contributed by atoms with E-state index in [1.165, 1.54) is 0 Å². The van der Waals surface area contributed by atoms with E-state index in [9.17, 15) is 9.59 Å². The number of aryl methyl sites for hydroxylation is 1. The first kappa shape index (κ1) is 17.8. The third kappa shape index (κ3) is 4.33. The Morgan fingerprint density at radius 1 is 1.19 bits per heavy atom. The second-order valence-corrected chi connectivity index (χ2v) is 6.28. The molecule has 0 bridgehead atoms. The van der Waals surface area contributed by atoms with Crippen LogP contribution in [0.3, 0.4) is 0 Å². The van der Waals surface area contributed by atoms with E-state index < -0.39 is 0 Å². The topological polar surface area (TPSA) is 67.9 Å². The van der Waals surface area contributed by atoms with E-state index in [1.54, 1.807) is 12.0 Å². The van der Waals surface area contributed by atoms with Gasteiger partial charge in [-0.15, -0.1) is 0 Å². The zero-order valence-electron chi connectivity index (χ0n) is 14.9. The van der Waals surface area contributed by atoms with Crippen LogP contribution in [0.2, 0.25) is 0 Å². The predicted octanol–water partition coefficient (Wildman–Crippen LogP) is 2.30. The number of nitrogens with zero attached hydrogens (tertiary/aromatic N) is 1. The van der Waals surface area contributed by atoms with Crippen molar-refractivity contribution >= 4 is 17.5 Å². The summed E-state index contributed by atoms with van der Waals surface area (Å²) in [6.45, 7) is 2.34. The Hall–Kier alpha value is -3.02. The number of amides is 2. The van der Waals surface area contributed by atoms with Gasteiger partial charge in [-0.05, 0) is 31.2 Å². The number of hydrogen-bond donors (Lipinski definition) is 1. The zero-order valence-corrected chi connectivity index (χ0v) is 14.9. The first-order valence-electron chi connectivity index (χ1n) is 8.48. The molecular weight excluding hydrogens is 332 g/mol. The van der Waals surface area contributed by atoms with Crippen LogP contribution >= 0.6 is 0 Å². The minimum absolute atomic E-state index is 0.0250. The van der Waals surface area contributed by atoms with Crippen molar-refractivity contribution in [1.29, 1.82) is 0 Å². The van der Waals surface area contributed by atoms with Gasteiger partial charge in [-0.25, -0.2) is 0 Å². The molecule has 6 nitrogen and oxygen atoms in total. The van der Waals surface area contributed by atoms with Gasteiger partial charge in [-0.3, -0.25) is 9.59 Å². The minimum Gasteiger partial charge on any atom is -0.497 e. The molecule has 6 heteroatoms. The number of carbonyl (C=O) groups excluding carboxylic acids is 2. The molecule has 2 aromatic rings. The summed E-state index contributed by atoms with van der Waals surface area (Å²) in [4.78, 5) is 26.0. The fraction of sp³-hybridized carbons (Fsp3) is 0.300. The molecule has 0 saturated carbocycles. The number of rotatable bonds is 6. The summed E-state index contributed by atoms with van der Waals surface area (Å²) in [6.07, 6.45) is 0.271. The quantitative estimate of drug-likeness (QED) is 0.864. The normalized spacial score (nSPS) is 16.5. The van der Waals surface area contributed by atoms with Crippen molar-refractivity contribution in [3.63, 3.8) is 0 Å². The number of carbonyl (C=O) groups is 2. The fourth-order valence-electron chi connectivity index (χ4n) is 2.88. The highest BCUT2D eigenvalue weighted by Crippen LogP contribution is 2.25. The smallest absolute Gasteiger partial charge is 0.258 e. The Balaban J connectivity index is 1.53. The van der Waals surface area contributed by atoms with Crippen LogP contribution in [0.1, 0.15) is 12.0 Å². The molecule has 26 heavy (non-hydrogen) atoms. The van der Waals surface area contributed by atoms with Gasteiger partial charge in [0.25, 0.3) is 5.91 Å². The highest BCUT2D eigenvalue weighted by molar-refractivity contribution is 5.97.